The lowest BCUT2D eigenvalue weighted by Crippen LogP contribution is -2.37. The molecule has 0 spiro atoms. The van der Waals surface area contributed by atoms with E-state index in [0.29, 0.717) is 12.1 Å². The predicted molar refractivity (Wildman–Crippen MR) is 118 cm³/mol. The Balaban J connectivity index is 1.40. The third-order valence-electron chi connectivity index (χ3n) is 5.18. The molecule has 0 bridgehead atoms. The molecule has 7 heteroatoms. The van der Waals surface area contributed by atoms with Crippen LogP contribution in [0, 0.1) is 0 Å². The van der Waals surface area contributed by atoms with Gasteiger partial charge < -0.3 is 4.74 Å². The molecule has 1 aliphatic rings. The number of nitrogens with zero attached hydrogens (tertiary/aromatic N) is 2. The Hall–Kier alpha value is -2.48. The van der Waals surface area contributed by atoms with Crippen molar-refractivity contribution in [1.29, 1.82) is 0 Å². The number of para-hydroxylation sites is 1. The van der Waals surface area contributed by atoms with Crippen molar-refractivity contribution < 1.29 is 13.2 Å². The van der Waals surface area contributed by atoms with Crippen molar-refractivity contribution >= 4 is 20.9 Å². The van der Waals surface area contributed by atoms with Crippen molar-refractivity contribution in [2.24, 2.45) is 0 Å². The van der Waals surface area contributed by atoms with Crippen LogP contribution in [0.1, 0.15) is 25.8 Å². The second-order valence-corrected chi connectivity index (χ2v) is 9.67. The molecule has 1 atom stereocenters. The van der Waals surface area contributed by atoms with Gasteiger partial charge in [0, 0.05) is 37.3 Å². The summed E-state index contributed by atoms with van der Waals surface area (Å²) in [7, 11) is -3.64. The fourth-order valence-corrected chi connectivity index (χ4v) is 5.29. The number of hydrogen-bond donors (Lipinski definition) is 1. The average molecular weight is 426 g/mol. The van der Waals surface area contributed by atoms with Crippen LogP contribution in [0.3, 0.4) is 0 Å². The van der Waals surface area contributed by atoms with E-state index < -0.39 is 10.0 Å². The largest absolute Gasteiger partial charge is 0.491 e. The van der Waals surface area contributed by atoms with Gasteiger partial charge in [0.1, 0.15) is 10.6 Å². The molecule has 1 saturated heterocycles. The Bertz CT molecular complexity index is 1110. The zero-order valence-corrected chi connectivity index (χ0v) is 18.1. The monoisotopic (exact) mass is 425 g/mol. The van der Waals surface area contributed by atoms with Gasteiger partial charge >= 0.3 is 0 Å². The van der Waals surface area contributed by atoms with Gasteiger partial charge in [0.05, 0.1) is 11.6 Å². The van der Waals surface area contributed by atoms with E-state index in [2.05, 4.69) is 26.7 Å². The number of rotatable bonds is 7. The van der Waals surface area contributed by atoms with E-state index in [1.165, 1.54) is 5.56 Å². The molecule has 1 fully saturated rings. The third kappa shape index (κ3) is 4.80. The van der Waals surface area contributed by atoms with Crippen molar-refractivity contribution in [3.8, 4) is 5.75 Å². The maximum atomic E-state index is 13.0. The highest BCUT2D eigenvalue weighted by molar-refractivity contribution is 7.89. The lowest BCUT2D eigenvalue weighted by Gasteiger charge is -2.18. The lowest BCUT2D eigenvalue weighted by molar-refractivity contribution is 0.242. The fourth-order valence-electron chi connectivity index (χ4n) is 3.85. The average Bonchev–Trinajstić information content (AvgIpc) is 3.14. The van der Waals surface area contributed by atoms with Crippen LogP contribution in [0.2, 0.25) is 0 Å². The predicted octanol–water partition coefficient (Wildman–Crippen LogP) is 3.57. The van der Waals surface area contributed by atoms with E-state index in [9.17, 15) is 8.42 Å². The Morgan fingerprint density at radius 1 is 1.13 bits per heavy atom. The van der Waals surface area contributed by atoms with Gasteiger partial charge in [-0.05, 0) is 50.1 Å². The van der Waals surface area contributed by atoms with E-state index in [4.69, 9.17) is 4.74 Å². The molecule has 0 radical (unpaired) electrons. The number of aromatic nitrogens is 1. The van der Waals surface area contributed by atoms with Gasteiger partial charge in [0.15, 0.2) is 0 Å². The van der Waals surface area contributed by atoms with Gasteiger partial charge in [0.25, 0.3) is 0 Å². The summed E-state index contributed by atoms with van der Waals surface area (Å²) in [4.78, 5) is 6.78. The molecule has 4 rings (SSSR count). The van der Waals surface area contributed by atoms with Gasteiger partial charge in [0.2, 0.25) is 10.0 Å². The van der Waals surface area contributed by atoms with Crippen LogP contribution in [0.5, 0.6) is 5.75 Å². The molecule has 6 nitrogen and oxygen atoms in total. The smallest absolute Gasteiger partial charge is 0.243 e. The van der Waals surface area contributed by atoms with E-state index in [0.717, 1.165) is 30.6 Å². The quantitative estimate of drug-likeness (QED) is 0.627. The minimum Gasteiger partial charge on any atom is -0.491 e. The van der Waals surface area contributed by atoms with Crippen molar-refractivity contribution in [1.82, 2.24) is 14.6 Å². The first kappa shape index (κ1) is 20.8. The topological polar surface area (TPSA) is 71.5 Å². The summed E-state index contributed by atoms with van der Waals surface area (Å²) in [5.41, 5.74) is 1.69. The number of ether oxygens (including phenoxy) is 1. The molecule has 1 aliphatic heterocycles. The molecule has 1 N–H and O–H groups in total. The number of likely N-dealkylation sites (tertiary alicyclic amines) is 1. The minimum absolute atomic E-state index is 0.113. The molecule has 3 aromatic rings. The zero-order chi connectivity index (χ0) is 21.1. The van der Waals surface area contributed by atoms with Crippen molar-refractivity contribution in [2.75, 3.05) is 13.1 Å². The second-order valence-electron chi connectivity index (χ2n) is 7.98. The van der Waals surface area contributed by atoms with Crippen LogP contribution in [0.25, 0.3) is 10.9 Å². The van der Waals surface area contributed by atoms with Crippen LogP contribution in [0.15, 0.2) is 65.7 Å². The minimum atomic E-state index is -3.64. The SMILES string of the molecule is CC(C)Oc1ccc(CN2CC[C@@H](NS(=O)(=O)c3cccc4cccnc34)C2)cc1. The van der Waals surface area contributed by atoms with Crippen LogP contribution in [-0.2, 0) is 16.6 Å². The summed E-state index contributed by atoms with van der Waals surface area (Å²) in [5.74, 6) is 0.865. The highest BCUT2D eigenvalue weighted by atomic mass is 32.2. The Morgan fingerprint density at radius 3 is 2.67 bits per heavy atom. The summed E-state index contributed by atoms with van der Waals surface area (Å²) in [6.07, 6.45) is 2.56. The highest BCUT2D eigenvalue weighted by Crippen LogP contribution is 2.23. The van der Waals surface area contributed by atoms with Crippen LogP contribution >= 0.6 is 0 Å². The van der Waals surface area contributed by atoms with E-state index >= 15 is 0 Å². The first-order valence-corrected chi connectivity index (χ1v) is 11.7. The molecule has 0 unspecified atom stereocenters. The van der Waals surface area contributed by atoms with Crippen LogP contribution in [0.4, 0.5) is 0 Å². The second kappa shape index (κ2) is 8.71. The summed E-state index contributed by atoms with van der Waals surface area (Å²) < 4.78 is 34.6. The maximum Gasteiger partial charge on any atom is 0.243 e. The van der Waals surface area contributed by atoms with E-state index in [1.807, 2.05) is 44.2 Å². The molecule has 0 saturated carbocycles. The van der Waals surface area contributed by atoms with Crippen LogP contribution in [-0.4, -0.2) is 43.5 Å². The van der Waals surface area contributed by atoms with Crippen molar-refractivity contribution in [2.45, 2.75) is 43.9 Å². The summed E-state index contributed by atoms with van der Waals surface area (Å²) in [6.45, 7) is 6.34. The summed E-state index contributed by atoms with van der Waals surface area (Å²) in [6, 6.07) is 16.9. The molecule has 1 aromatic heterocycles. The fraction of sp³-hybridized carbons (Fsp3) is 0.348. The highest BCUT2D eigenvalue weighted by Gasteiger charge is 2.28. The first-order chi connectivity index (χ1) is 14.4. The number of nitrogens with one attached hydrogen (secondary N) is 1. The molecule has 0 aliphatic carbocycles. The van der Waals surface area contributed by atoms with Gasteiger partial charge in [-0.1, -0.05) is 30.3 Å². The Morgan fingerprint density at radius 2 is 1.90 bits per heavy atom. The molecule has 158 valence electrons. The molecule has 2 aromatic carbocycles. The standard InChI is InChI=1S/C23H27N3O3S/c1-17(2)29-21-10-8-18(9-11-21)15-26-14-12-20(16-26)25-30(27,28)22-7-3-5-19-6-4-13-24-23(19)22/h3-11,13,17,20,25H,12,14-16H2,1-2H3/t20-/m1/s1. The summed E-state index contributed by atoms with van der Waals surface area (Å²) >= 11 is 0. The molecular formula is C23H27N3O3S. The van der Waals surface area contributed by atoms with Crippen molar-refractivity contribution in [3.05, 3.63) is 66.4 Å². The lowest BCUT2D eigenvalue weighted by atomic mass is 10.2. The summed E-state index contributed by atoms with van der Waals surface area (Å²) in [5, 5.41) is 0.818. The number of sulfonamides is 1. The molecule has 2 heterocycles. The van der Waals surface area contributed by atoms with Gasteiger partial charge in [-0.15, -0.1) is 0 Å². The van der Waals surface area contributed by atoms with E-state index in [-0.39, 0.29) is 17.0 Å². The van der Waals surface area contributed by atoms with E-state index in [1.54, 1.807) is 18.3 Å². The zero-order valence-electron chi connectivity index (χ0n) is 17.3. The molecule has 0 amide bonds. The Kier molecular flexibility index (Phi) is 6.04. The first-order valence-electron chi connectivity index (χ1n) is 10.2. The maximum absolute atomic E-state index is 13.0. The van der Waals surface area contributed by atoms with Gasteiger partial charge in [-0.3, -0.25) is 9.88 Å². The number of hydrogen-bond acceptors (Lipinski definition) is 5. The number of pyridine rings is 1. The number of fused-ring (bicyclic) bond motifs is 1. The number of benzene rings is 2. The molecular weight excluding hydrogens is 398 g/mol. The normalized spacial score (nSPS) is 17.6. The molecule has 30 heavy (non-hydrogen) atoms. The Labute approximate surface area is 177 Å². The van der Waals surface area contributed by atoms with Crippen molar-refractivity contribution in [3.63, 3.8) is 0 Å². The van der Waals surface area contributed by atoms with Crippen LogP contribution < -0.4 is 9.46 Å². The third-order valence-corrected chi connectivity index (χ3v) is 6.73. The van der Waals surface area contributed by atoms with Gasteiger partial charge in [-0.2, -0.15) is 0 Å². The van der Waals surface area contributed by atoms with Gasteiger partial charge in [-0.25, -0.2) is 13.1 Å².